The highest BCUT2D eigenvalue weighted by molar-refractivity contribution is 8.00. The molecule has 0 saturated heterocycles. The van der Waals surface area contributed by atoms with Crippen molar-refractivity contribution in [3.05, 3.63) is 106 Å². The van der Waals surface area contributed by atoms with Crippen LogP contribution in [-0.2, 0) is 17.8 Å². The lowest BCUT2D eigenvalue weighted by molar-refractivity contribution is -0.384. The SMILES string of the molecule is O=C(CSc1cn(CCNC(=O)c2ccc([N+](=O)[O-])cc2)c2ccccc12)NCCc1ccccc1. The number of nitro benzene ring substituents is 1. The minimum atomic E-state index is -0.497. The van der Waals surface area contributed by atoms with Crippen LogP contribution in [0, 0.1) is 10.1 Å². The number of nitro groups is 1. The second kappa shape index (κ2) is 12.0. The molecule has 0 atom stereocenters. The van der Waals surface area contributed by atoms with E-state index in [0.717, 1.165) is 22.2 Å². The van der Waals surface area contributed by atoms with Gasteiger partial charge in [0.25, 0.3) is 11.6 Å². The third kappa shape index (κ3) is 6.51. The van der Waals surface area contributed by atoms with E-state index in [1.807, 2.05) is 60.8 Å². The molecule has 3 aromatic carbocycles. The number of hydrogen-bond donors (Lipinski definition) is 2. The number of nitrogens with zero attached hydrogens (tertiary/aromatic N) is 2. The van der Waals surface area contributed by atoms with Crippen LogP contribution in [0.5, 0.6) is 0 Å². The van der Waals surface area contributed by atoms with E-state index in [1.54, 1.807) is 0 Å². The van der Waals surface area contributed by atoms with E-state index < -0.39 is 4.92 Å². The molecule has 0 radical (unpaired) electrons. The van der Waals surface area contributed by atoms with Gasteiger partial charge < -0.3 is 15.2 Å². The number of benzene rings is 3. The Labute approximate surface area is 212 Å². The maximum atomic E-state index is 12.4. The van der Waals surface area contributed by atoms with Crippen LogP contribution in [0.25, 0.3) is 10.9 Å². The van der Waals surface area contributed by atoms with Crippen LogP contribution in [0.2, 0.25) is 0 Å². The highest BCUT2D eigenvalue weighted by atomic mass is 32.2. The Bertz CT molecular complexity index is 1350. The molecular formula is C27H26N4O4S. The normalized spacial score (nSPS) is 10.8. The second-order valence-electron chi connectivity index (χ2n) is 8.14. The van der Waals surface area contributed by atoms with Gasteiger partial charge in [-0.25, -0.2) is 0 Å². The Morgan fingerprint density at radius 1 is 0.889 bits per heavy atom. The molecule has 36 heavy (non-hydrogen) atoms. The van der Waals surface area contributed by atoms with Gasteiger partial charge in [0.1, 0.15) is 0 Å². The van der Waals surface area contributed by atoms with Crippen LogP contribution in [0.15, 0.2) is 90.0 Å². The largest absolute Gasteiger partial charge is 0.355 e. The Balaban J connectivity index is 1.30. The van der Waals surface area contributed by atoms with E-state index in [2.05, 4.69) is 15.2 Å². The number of amides is 2. The molecule has 0 bridgehead atoms. The fraction of sp³-hybridized carbons (Fsp3) is 0.185. The molecule has 4 rings (SSSR count). The number of non-ortho nitro benzene ring substituents is 1. The highest BCUT2D eigenvalue weighted by Crippen LogP contribution is 2.29. The van der Waals surface area contributed by atoms with Crippen molar-refractivity contribution in [2.45, 2.75) is 17.9 Å². The molecule has 184 valence electrons. The van der Waals surface area contributed by atoms with Gasteiger partial charge in [-0.1, -0.05) is 48.5 Å². The zero-order valence-corrected chi connectivity index (χ0v) is 20.4. The average molecular weight is 503 g/mol. The fourth-order valence-corrected chi connectivity index (χ4v) is 4.74. The van der Waals surface area contributed by atoms with Crippen molar-refractivity contribution in [3.8, 4) is 0 Å². The fourth-order valence-electron chi connectivity index (χ4n) is 3.82. The number of carbonyl (C=O) groups is 2. The van der Waals surface area contributed by atoms with Crippen molar-refractivity contribution < 1.29 is 14.5 Å². The molecule has 0 spiro atoms. The lowest BCUT2D eigenvalue weighted by atomic mass is 10.1. The van der Waals surface area contributed by atoms with Crippen LogP contribution in [0.4, 0.5) is 5.69 Å². The summed E-state index contributed by atoms with van der Waals surface area (Å²) in [6.45, 7) is 1.53. The van der Waals surface area contributed by atoms with Crippen molar-refractivity contribution in [2.75, 3.05) is 18.8 Å². The quantitative estimate of drug-likeness (QED) is 0.179. The topological polar surface area (TPSA) is 106 Å². The molecule has 8 nitrogen and oxygen atoms in total. The summed E-state index contributed by atoms with van der Waals surface area (Å²) in [6.07, 6.45) is 2.80. The van der Waals surface area contributed by atoms with E-state index >= 15 is 0 Å². The van der Waals surface area contributed by atoms with Gasteiger partial charge in [-0.15, -0.1) is 11.8 Å². The van der Waals surface area contributed by atoms with Gasteiger partial charge in [-0.2, -0.15) is 0 Å². The average Bonchev–Trinajstić information content (AvgIpc) is 3.25. The monoisotopic (exact) mass is 502 g/mol. The highest BCUT2D eigenvalue weighted by Gasteiger charge is 2.12. The Morgan fingerprint density at radius 3 is 2.36 bits per heavy atom. The molecule has 2 N–H and O–H groups in total. The number of nitrogens with one attached hydrogen (secondary N) is 2. The van der Waals surface area contributed by atoms with Gasteiger partial charge in [-0.05, 0) is 30.2 Å². The lowest BCUT2D eigenvalue weighted by Crippen LogP contribution is -2.27. The second-order valence-corrected chi connectivity index (χ2v) is 9.16. The summed E-state index contributed by atoms with van der Waals surface area (Å²) >= 11 is 1.49. The number of para-hydroxylation sites is 1. The molecule has 1 aromatic heterocycles. The minimum absolute atomic E-state index is 0.0110. The van der Waals surface area contributed by atoms with Crippen LogP contribution < -0.4 is 10.6 Å². The van der Waals surface area contributed by atoms with Crippen LogP contribution >= 0.6 is 11.8 Å². The summed E-state index contributed by atoms with van der Waals surface area (Å²) in [5.74, 6) is 0.0194. The summed E-state index contributed by atoms with van der Waals surface area (Å²) in [6, 6.07) is 23.5. The van der Waals surface area contributed by atoms with Crippen molar-refractivity contribution >= 4 is 40.2 Å². The van der Waals surface area contributed by atoms with E-state index in [0.29, 0.717) is 31.0 Å². The first-order chi connectivity index (χ1) is 17.5. The van der Waals surface area contributed by atoms with Crippen molar-refractivity contribution in [1.29, 1.82) is 0 Å². The van der Waals surface area contributed by atoms with Crippen molar-refractivity contribution in [3.63, 3.8) is 0 Å². The Kier molecular flexibility index (Phi) is 8.36. The van der Waals surface area contributed by atoms with Crippen LogP contribution in [0.1, 0.15) is 15.9 Å². The number of thioether (sulfide) groups is 1. The number of carbonyl (C=O) groups excluding carboxylic acids is 2. The van der Waals surface area contributed by atoms with Gasteiger partial charge in [0, 0.05) is 59.3 Å². The molecule has 0 unspecified atom stereocenters. The van der Waals surface area contributed by atoms with Crippen LogP contribution in [0.3, 0.4) is 0 Å². The van der Waals surface area contributed by atoms with Gasteiger partial charge in [0.05, 0.1) is 10.7 Å². The zero-order valence-electron chi connectivity index (χ0n) is 19.6. The molecule has 2 amide bonds. The predicted octanol–water partition coefficient (Wildman–Crippen LogP) is 4.43. The number of aromatic nitrogens is 1. The first kappa shape index (κ1) is 25.0. The van der Waals surface area contributed by atoms with Gasteiger partial charge in [0.15, 0.2) is 0 Å². The Hall–Kier alpha value is -4.11. The maximum Gasteiger partial charge on any atom is 0.269 e. The lowest BCUT2D eigenvalue weighted by Gasteiger charge is -2.07. The molecule has 4 aromatic rings. The van der Waals surface area contributed by atoms with E-state index in [1.165, 1.54) is 41.6 Å². The van der Waals surface area contributed by atoms with Gasteiger partial charge in [0.2, 0.25) is 5.91 Å². The molecule has 0 saturated carbocycles. The van der Waals surface area contributed by atoms with E-state index in [9.17, 15) is 19.7 Å². The van der Waals surface area contributed by atoms with E-state index in [4.69, 9.17) is 0 Å². The van der Waals surface area contributed by atoms with Gasteiger partial charge >= 0.3 is 0 Å². The number of fused-ring (bicyclic) bond motifs is 1. The third-order valence-corrected chi connectivity index (χ3v) is 6.71. The van der Waals surface area contributed by atoms with Crippen LogP contribution in [-0.4, -0.2) is 40.1 Å². The maximum absolute atomic E-state index is 12.4. The minimum Gasteiger partial charge on any atom is -0.355 e. The molecule has 0 aliphatic rings. The summed E-state index contributed by atoms with van der Waals surface area (Å²) < 4.78 is 2.06. The smallest absolute Gasteiger partial charge is 0.269 e. The first-order valence-corrected chi connectivity index (χ1v) is 12.5. The van der Waals surface area contributed by atoms with Crippen molar-refractivity contribution in [2.24, 2.45) is 0 Å². The summed E-state index contributed by atoms with van der Waals surface area (Å²) in [5, 5.41) is 17.7. The third-order valence-electron chi connectivity index (χ3n) is 5.67. The zero-order chi connectivity index (χ0) is 25.3. The molecule has 0 fully saturated rings. The van der Waals surface area contributed by atoms with Crippen molar-refractivity contribution in [1.82, 2.24) is 15.2 Å². The predicted molar refractivity (Wildman–Crippen MR) is 141 cm³/mol. The standard InChI is InChI=1S/C27H26N4O4S/c32-26(28-15-14-20-6-2-1-3-7-20)19-36-25-18-30(24-9-5-4-8-23(24)25)17-16-29-27(33)21-10-12-22(13-11-21)31(34)35/h1-13,18H,14-17,19H2,(H,28,32)(H,29,33). The number of rotatable bonds is 11. The molecular weight excluding hydrogens is 476 g/mol. The summed E-state index contributed by atoms with van der Waals surface area (Å²) in [7, 11) is 0. The number of hydrogen-bond acceptors (Lipinski definition) is 5. The van der Waals surface area contributed by atoms with E-state index in [-0.39, 0.29) is 17.5 Å². The molecule has 1 heterocycles. The summed E-state index contributed by atoms with van der Waals surface area (Å²) in [5.41, 5.74) is 2.52. The molecule has 0 aliphatic heterocycles. The molecule has 0 aliphatic carbocycles. The van der Waals surface area contributed by atoms with Gasteiger partial charge in [-0.3, -0.25) is 19.7 Å². The first-order valence-electron chi connectivity index (χ1n) is 11.6. The molecule has 9 heteroatoms. The Morgan fingerprint density at radius 2 is 1.61 bits per heavy atom. The summed E-state index contributed by atoms with van der Waals surface area (Å²) in [4.78, 5) is 36.1.